The van der Waals surface area contributed by atoms with Gasteiger partial charge in [-0.15, -0.1) is 5.10 Å². The number of aryl methyl sites for hydroxylation is 1. The van der Waals surface area contributed by atoms with Crippen LogP contribution in [0, 0.1) is 0 Å². The van der Waals surface area contributed by atoms with Crippen LogP contribution >= 0.6 is 0 Å². The third kappa shape index (κ3) is 2.90. The van der Waals surface area contributed by atoms with Crippen molar-refractivity contribution in [1.82, 2.24) is 15.0 Å². The van der Waals surface area contributed by atoms with E-state index >= 15 is 0 Å². The van der Waals surface area contributed by atoms with Gasteiger partial charge in [0.1, 0.15) is 16.8 Å². The second-order valence-corrected chi connectivity index (χ2v) is 4.80. The van der Waals surface area contributed by atoms with Gasteiger partial charge in [-0.25, -0.2) is 9.48 Å². The van der Waals surface area contributed by atoms with E-state index in [1.54, 1.807) is 18.2 Å². The van der Waals surface area contributed by atoms with Gasteiger partial charge in [0.25, 0.3) is 0 Å². The molecule has 0 radical (unpaired) electrons. The fourth-order valence-corrected chi connectivity index (χ4v) is 2.25. The number of para-hydroxylation sites is 2. The molecule has 6 nitrogen and oxygen atoms in total. The maximum atomic E-state index is 11.1. The Labute approximate surface area is 126 Å². The third-order valence-corrected chi connectivity index (χ3v) is 3.31. The third-order valence-electron chi connectivity index (χ3n) is 3.31. The van der Waals surface area contributed by atoms with Crippen LogP contribution in [0.2, 0.25) is 0 Å². The van der Waals surface area contributed by atoms with Gasteiger partial charge in [-0.2, -0.15) is 0 Å². The highest BCUT2D eigenvalue weighted by Gasteiger charge is 2.10. The van der Waals surface area contributed by atoms with E-state index in [1.807, 2.05) is 28.9 Å². The first-order chi connectivity index (χ1) is 10.8. The number of ether oxygens (including phenoxy) is 1. The van der Waals surface area contributed by atoms with Gasteiger partial charge in [0.2, 0.25) is 0 Å². The fraction of sp³-hybridized carbons (Fsp3) is 0.188. The summed E-state index contributed by atoms with van der Waals surface area (Å²) in [6.07, 6.45) is 0.710. The number of nitrogens with zero attached hydrogens (tertiary/aromatic N) is 3. The summed E-state index contributed by atoms with van der Waals surface area (Å²) in [6.45, 7) is 1.08. The summed E-state index contributed by atoms with van der Waals surface area (Å²) in [6, 6.07) is 14.4. The topological polar surface area (TPSA) is 77.2 Å². The van der Waals surface area contributed by atoms with Crippen molar-refractivity contribution < 1.29 is 14.6 Å². The van der Waals surface area contributed by atoms with Crippen molar-refractivity contribution in [3.8, 4) is 5.75 Å². The van der Waals surface area contributed by atoms with Crippen molar-refractivity contribution in [2.24, 2.45) is 0 Å². The number of aromatic nitrogens is 3. The number of hydrogen-bond donors (Lipinski definition) is 1. The Balaban J connectivity index is 1.59. The first kappa shape index (κ1) is 14.1. The lowest BCUT2D eigenvalue weighted by atomic mass is 10.2. The smallest absolute Gasteiger partial charge is 0.339 e. The highest BCUT2D eigenvalue weighted by atomic mass is 16.5. The van der Waals surface area contributed by atoms with Gasteiger partial charge in [-0.1, -0.05) is 29.5 Å². The fourth-order valence-electron chi connectivity index (χ4n) is 2.25. The largest absolute Gasteiger partial charge is 0.493 e. The summed E-state index contributed by atoms with van der Waals surface area (Å²) < 4.78 is 7.39. The van der Waals surface area contributed by atoms with Crippen LogP contribution in [0.4, 0.5) is 0 Å². The lowest BCUT2D eigenvalue weighted by molar-refractivity contribution is 0.0692. The van der Waals surface area contributed by atoms with Crippen molar-refractivity contribution in [3.63, 3.8) is 0 Å². The lowest BCUT2D eigenvalue weighted by Gasteiger charge is -2.09. The molecule has 3 rings (SSSR count). The van der Waals surface area contributed by atoms with Gasteiger partial charge < -0.3 is 9.84 Å². The second kappa shape index (κ2) is 6.26. The Morgan fingerprint density at radius 3 is 2.77 bits per heavy atom. The van der Waals surface area contributed by atoms with Crippen LogP contribution in [0.1, 0.15) is 16.8 Å². The number of fused-ring (bicyclic) bond motifs is 1. The molecule has 6 heteroatoms. The van der Waals surface area contributed by atoms with Crippen LogP contribution in [0.3, 0.4) is 0 Å². The number of aromatic carboxylic acids is 1. The summed E-state index contributed by atoms with van der Waals surface area (Å²) in [4.78, 5) is 11.1. The lowest BCUT2D eigenvalue weighted by Crippen LogP contribution is -2.08. The van der Waals surface area contributed by atoms with Crippen molar-refractivity contribution in [2.75, 3.05) is 6.61 Å². The predicted molar refractivity (Wildman–Crippen MR) is 81.0 cm³/mol. The van der Waals surface area contributed by atoms with Crippen LogP contribution in [0.15, 0.2) is 48.5 Å². The SMILES string of the molecule is O=C(O)c1ccccc1OCCCn1nnc2ccccc21. The average molecular weight is 297 g/mol. The number of benzene rings is 2. The normalized spacial score (nSPS) is 10.7. The Kier molecular flexibility index (Phi) is 4.00. The molecule has 0 aliphatic carbocycles. The molecule has 0 saturated carbocycles. The van der Waals surface area contributed by atoms with E-state index < -0.39 is 5.97 Å². The monoisotopic (exact) mass is 297 g/mol. The van der Waals surface area contributed by atoms with Crippen molar-refractivity contribution in [1.29, 1.82) is 0 Å². The molecule has 0 amide bonds. The quantitative estimate of drug-likeness (QED) is 0.708. The van der Waals surface area contributed by atoms with E-state index in [9.17, 15) is 4.79 Å². The van der Waals surface area contributed by atoms with Gasteiger partial charge in [-0.3, -0.25) is 0 Å². The molecule has 0 spiro atoms. The summed E-state index contributed by atoms with van der Waals surface area (Å²) in [5.41, 5.74) is 2.02. The Bertz CT molecular complexity index is 798. The first-order valence-electron chi connectivity index (χ1n) is 6.99. The van der Waals surface area contributed by atoms with E-state index in [2.05, 4.69) is 10.3 Å². The minimum Gasteiger partial charge on any atom is -0.493 e. The van der Waals surface area contributed by atoms with E-state index in [0.717, 1.165) is 11.0 Å². The molecule has 3 aromatic rings. The number of carboxylic acid groups (broad SMARTS) is 1. The maximum Gasteiger partial charge on any atom is 0.339 e. The number of hydrogen-bond acceptors (Lipinski definition) is 4. The summed E-state index contributed by atoms with van der Waals surface area (Å²) in [7, 11) is 0. The Hall–Kier alpha value is -2.89. The molecular formula is C16H15N3O3. The molecule has 112 valence electrons. The highest BCUT2D eigenvalue weighted by Crippen LogP contribution is 2.18. The van der Waals surface area contributed by atoms with Crippen LogP contribution < -0.4 is 4.74 Å². The minimum atomic E-state index is -0.988. The van der Waals surface area contributed by atoms with Crippen molar-refractivity contribution in [3.05, 3.63) is 54.1 Å². The molecule has 2 aromatic carbocycles. The van der Waals surface area contributed by atoms with Gasteiger partial charge in [0.15, 0.2) is 0 Å². The van der Waals surface area contributed by atoms with E-state index in [-0.39, 0.29) is 5.56 Å². The van der Waals surface area contributed by atoms with Crippen LogP contribution in [0.5, 0.6) is 5.75 Å². The van der Waals surface area contributed by atoms with Gasteiger partial charge in [-0.05, 0) is 24.3 Å². The van der Waals surface area contributed by atoms with Crippen LogP contribution in [-0.4, -0.2) is 32.7 Å². The Morgan fingerprint density at radius 1 is 1.14 bits per heavy atom. The molecule has 1 heterocycles. The zero-order valence-electron chi connectivity index (χ0n) is 11.8. The first-order valence-corrected chi connectivity index (χ1v) is 6.99. The van der Waals surface area contributed by atoms with Crippen LogP contribution in [-0.2, 0) is 6.54 Å². The van der Waals surface area contributed by atoms with Gasteiger partial charge in [0, 0.05) is 13.0 Å². The summed E-state index contributed by atoms with van der Waals surface area (Å²) in [5, 5.41) is 17.3. The molecule has 1 aromatic heterocycles. The number of carboxylic acids is 1. The average Bonchev–Trinajstić information content (AvgIpc) is 2.95. The zero-order valence-corrected chi connectivity index (χ0v) is 11.8. The highest BCUT2D eigenvalue weighted by molar-refractivity contribution is 5.90. The number of rotatable bonds is 6. The van der Waals surface area contributed by atoms with E-state index in [0.29, 0.717) is 25.3 Å². The molecular weight excluding hydrogens is 282 g/mol. The minimum absolute atomic E-state index is 0.175. The molecule has 0 fully saturated rings. The van der Waals surface area contributed by atoms with Gasteiger partial charge in [0.05, 0.1) is 12.1 Å². The molecule has 0 saturated heterocycles. The standard InChI is InChI=1S/C16H15N3O3/c20-16(21)12-6-1-4-9-15(12)22-11-5-10-19-14-8-3-2-7-13(14)17-18-19/h1-4,6-9H,5,10-11H2,(H,20,21). The number of carbonyl (C=O) groups is 1. The zero-order chi connectivity index (χ0) is 15.4. The molecule has 0 aliphatic heterocycles. The summed E-state index contributed by atoms with van der Waals surface area (Å²) in [5.74, 6) is -0.601. The van der Waals surface area contributed by atoms with E-state index in [1.165, 1.54) is 6.07 Å². The molecule has 1 N–H and O–H groups in total. The van der Waals surface area contributed by atoms with Crippen molar-refractivity contribution in [2.45, 2.75) is 13.0 Å². The van der Waals surface area contributed by atoms with Gasteiger partial charge >= 0.3 is 5.97 Å². The molecule has 0 atom stereocenters. The van der Waals surface area contributed by atoms with Crippen LogP contribution in [0.25, 0.3) is 11.0 Å². The molecule has 0 bridgehead atoms. The molecule has 0 unspecified atom stereocenters. The summed E-state index contributed by atoms with van der Waals surface area (Å²) >= 11 is 0. The maximum absolute atomic E-state index is 11.1. The Morgan fingerprint density at radius 2 is 1.91 bits per heavy atom. The van der Waals surface area contributed by atoms with E-state index in [4.69, 9.17) is 9.84 Å². The second-order valence-electron chi connectivity index (χ2n) is 4.80. The molecule has 0 aliphatic rings. The van der Waals surface area contributed by atoms with Crippen molar-refractivity contribution >= 4 is 17.0 Å². The molecule has 22 heavy (non-hydrogen) atoms. The predicted octanol–water partition coefficient (Wildman–Crippen LogP) is 2.60.